The number of amides is 1. The van der Waals surface area contributed by atoms with Crippen molar-refractivity contribution in [2.45, 2.75) is 78.9 Å². The minimum absolute atomic E-state index is 0.117. The fraction of sp³-hybridized carbons (Fsp3) is 0.727. The molecule has 1 N–H and O–H groups in total. The van der Waals surface area contributed by atoms with Crippen LogP contribution in [-0.2, 0) is 11.3 Å². The number of ether oxygens (including phenoxy) is 1. The second-order valence-corrected chi connectivity index (χ2v) is 10.3. The molecule has 4 bridgehead atoms. The molecule has 2 unspecified atom stereocenters. The average Bonchev–Trinajstić information content (AvgIpc) is 2.50. The van der Waals surface area contributed by atoms with Gasteiger partial charge >= 0.3 is 0 Å². The highest BCUT2D eigenvalue weighted by molar-refractivity contribution is 5.83. The third-order valence-electron chi connectivity index (χ3n) is 6.72. The van der Waals surface area contributed by atoms with Gasteiger partial charge in [-0.3, -0.25) is 4.79 Å². The summed E-state index contributed by atoms with van der Waals surface area (Å²) in [6.45, 7) is 9.35. The molecule has 0 aliphatic heterocycles. The van der Waals surface area contributed by atoms with Crippen LogP contribution in [0.5, 0.6) is 5.88 Å². The quantitative estimate of drug-likeness (QED) is 0.846. The SMILES string of the molecule is CC(C)Oc1ccc(CNC(=O)C23CC4CC(C)(CC(C)(C4)C2)C3)cn1. The van der Waals surface area contributed by atoms with E-state index in [9.17, 15) is 4.79 Å². The topological polar surface area (TPSA) is 51.2 Å². The van der Waals surface area contributed by atoms with E-state index in [-0.39, 0.29) is 17.4 Å². The summed E-state index contributed by atoms with van der Waals surface area (Å²) in [6, 6.07) is 3.88. The van der Waals surface area contributed by atoms with Crippen molar-refractivity contribution in [3.8, 4) is 5.88 Å². The van der Waals surface area contributed by atoms with Gasteiger partial charge in [0.25, 0.3) is 0 Å². The van der Waals surface area contributed by atoms with Crippen LogP contribution >= 0.6 is 0 Å². The summed E-state index contributed by atoms with van der Waals surface area (Å²) in [6.07, 6.45) is 9.08. The molecule has 0 spiro atoms. The summed E-state index contributed by atoms with van der Waals surface area (Å²) >= 11 is 0. The maximum atomic E-state index is 13.2. The summed E-state index contributed by atoms with van der Waals surface area (Å²) in [5.74, 6) is 1.64. The van der Waals surface area contributed by atoms with Crippen LogP contribution in [0, 0.1) is 22.2 Å². The molecule has 4 saturated carbocycles. The number of hydrogen-bond acceptors (Lipinski definition) is 3. The monoisotopic (exact) mass is 356 g/mol. The molecule has 5 rings (SSSR count). The van der Waals surface area contributed by atoms with E-state index in [1.165, 1.54) is 19.3 Å². The molecule has 1 amide bonds. The van der Waals surface area contributed by atoms with E-state index in [0.29, 0.717) is 23.3 Å². The highest BCUT2D eigenvalue weighted by Crippen LogP contribution is 2.69. The van der Waals surface area contributed by atoms with Crippen molar-refractivity contribution in [2.24, 2.45) is 22.2 Å². The fourth-order valence-electron chi connectivity index (χ4n) is 6.90. The first-order chi connectivity index (χ1) is 12.2. The van der Waals surface area contributed by atoms with Gasteiger partial charge in [0.1, 0.15) is 0 Å². The molecule has 4 nitrogen and oxygen atoms in total. The number of rotatable bonds is 5. The Balaban J connectivity index is 1.42. The normalized spacial score (nSPS) is 37.8. The molecule has 0 saturated heterocycles. The Kier molecular flexibility index (Phi) is 4.09. The standard InChI is InChI=1S/C22H32N2O2/c1-15(2)26-18-6-5-16(10-23-18)11-24-19(25)22-9-17-7-20(3,13-22)12-21(4,8-17)14-22/h5-6,10,15,17H,7-9,11-14H2,1-4H3,(H,24,25). The Morgan fingerprint density at radius 1 is 1.19 bits per heavy atom. The number of pyridine rings is 1. The number of aromatic nitrogens is 1. The van der Waals surface area contributed by atoms with Crippen LogP contribution in [0.15, 0.2) is 18.3 Å². The average molecular weight is 357 g/mol. The van der Waals surface area contributed by atoms with E-state index in [2.05, 4.69) is 24.1 Å². The van der Waals surface area contributed by atoms with Gasteiger partial charge in [0.05, 0.1) is 11.5 Å². The Morgan fingerprint density at radius 2 is 1.88 bits per heavy atom. The summed E-state index contributed by atoms with van der Waals surface area (Å²) in [4.78, 5) is 17.5. The second kappa shape index (κ2) is 5.97. The minimum Gasteiger partial charge on any atom is -0.475 e. The molecular weight excluding hydrogens is 324 g/mol. The van der Waals surface area contributed by atoms with E-state index < -0.39 is 0 Å². The van der Waals surface area contributed by atoms with E-state index >= 15 is 0 Å². The third kappa shape index (κ3) is 3.23. The first kappa shape index (κ1) is 17.8. The van der Waals surface area contributed by atoms with Crippen molar-refractivity contribution < 1.29 is 9.53 Å². The van der Waals surface area contributed by atoms with Crippen LogP contribution < -0.4 is 10.1 Å². The first-order valence-corrected chi connectivity index (χ1v) is 10.1. The van der Waals surface area contributed by atoms with Gasteiger partial charge < -0.3 is 10.1 Å². The van der Waals surface area contributed by atoms with Gasteiger partial charge in [0.2, 0.25) is 11.8 Å². The Morgan fingerprint density at radius 3 is 2.42 bits per heavy atom. The predicted molar refractivity (Wildman–Crippen MR) is 102 cm³/mol. The van der Waals surface area contributed by atoms with Crippen molar-refractivity contribution in [3.05, 3.63) is 23.9 Å². The van der Waals surface area contributed by atoms with Crippen molar-refractivity contribution >= 4 is 5.91 Å². The van der Waals surface area contributed by atoms with E-state index in [0.717, 1.165) is 30.7 Å². The van der Waals surface area contributed by atoms with Crippen LogP contribution in [0.3, 0.4) is 0 Å². The number of carbonyl (C=O) groups is 1. The summed E-state index contributed by atoms with van der Waals surface area (Å²) in [5.41, 5.74) is 1.61. The van der Waals surface area contributed by atoms with Gasteiger partial charge in [0, 0.05) is 18.8 Å². The van der Waals surface area contributed by atoms with Crippen molar-refractivity contribution in [1.29, 1.82) is 0 Å². The lowest BCUT2D eigenvalue weighted by Crippen LogP contribution is -2.59. The van der Waals surface area contributed by atoms with Gasteiger partial charge in [0.15, 0.2) is 0 Å². The van der Waals surface area contributed by atoms with Gasteiger partial charge in [-0.15, -0.1) is 0 Å². The van der Waals surface area contributed by atoms with Crippen LogP contribution in [0.2, 0.25) is 0 Å². The molecule has 4 fully saturated rings. The summed E-state index contributed by atoms with van der Waals surface area (Å²) in [5, 5.41) is 3.23. The lowest BCUT2D eigenvalue weighted by molar-refractivity contribution is -0.170. The second-order valence-electron chi connectivity index (χ2n) is 10.3. The molecule has 4 aliphatic carbocycles. The fourth-order valence-corrected chi connectivity index (χ4v) is 6.90. The molecule has 26 heavy (non-hydrogen) atoms. The van der Waals surface area contributed by atoms with Gasteiger partial charge in [-0.05, 0) is 74.7 Å². The van der Waals surface area contributed by atoms with E-state index in [4.69, 9.17) is 4.74 Å². The van der Waals surface area contributed by atoms with Crippen LogP contribution in [0.25, 0.3) is 0 Å². The predicted octanol–water partition coefficient (Wildman–Crippen LogP) is 4.48. The molecule has 1 aromatic heterocycles. The molecule has 1 heterocycles. The highest BCUT2D eigenvalue weighted by atomic mass is 16.5. The van der Waals surface area contributed by atoms with Crippen LogP contribution in [0.1, 0.15) is 71.8 Å². The maximum Gasteiger partial charge on any atom is 0.226 e. The minimum atomic E-state index is -0.142. The molecule has 4 aliphatic rings. The first-order valence-electron chi connectivity index (χ1n) is 10.1. The van der Waals surface area contributed by atoms with E-state index in [1.807, 2.05) is 26.0 Å². The summed E-state index contributed by atoms with van der Waals surface area (Å²) in [7, 11) is 0. The molecule has 0 aromatic carbocycles. The summed E-state index contributed by atoms with van der Waals surface area (Å²) < 4.78 is 5.58. The zero-order valence-electron chi connectivity index (χ0n) is 16.6. The Labute approximate surface area is 157 Å². The van der Waals surface area contributed by atoms with E-state index in [1.54, 1.807) is 6.20 Å². The van der Waals surface area contributed by atoms with Gasteiger partial charge in [-0.2, -0.15) is 0 Å². The molecular formula is C22H32N2O2. The van der Waals surface area contributed by atoms with Crippen molar-refractivity contribution in [1.82, 2.24) is 10.3 Å². The lowest BCUT2D eigenvalue weighted by atomic mass is 9.40. The van der Waals surface area contributed by atoms with Gasteiger partial charge in [-0.25, -0.2) is 4.98 Å². The number of nitrogens with zero attached hydrogens (tertiary/aromatic N) is 1. The lowest BCUT2D eigenvalue weighted by Gasteiger charge is -2.64. The van der Waals surface area contributed by atoms with Crippen molar-refractivity contribution in [2.75, 3.05) is 0 Å². The van der Waals surface area contributed by atoms with Crippen LogP contribution in [0.4, 0.5) is 0 Å². The largest absolute Gasteiger partial charge is 0.475 e. The number of hydrogen-bond donors (Lipinski definition) is 1. The smallest absolute Gasteiger partial charge is 0.226 e. The van der Waals surface area contributed by atoms with Crippen molar-refractivity contribution in [3.63, 3.8) is 0 Å². The zero-order chi connectivity index (χ0) is 18.6. The van der Waals surface area contributed by atoms with Crippen LogP contribution in [-0.4, -0.2) is 17.0 Å². The number of carbonyl (C=O) groups excluding carboxylic acids is 1. The maximum absolute atomic E-state index is 13.2. The Hall–Kier alpha value is -1.58. The third-order valence-corrected chi connectivity index (χ3v) is 6.72. The molecule has 4 heteroatoms. The molecule has 142 valence electrons. The molecule has 2 atom stereocenters. The Bertz CT molecular complexity index is 679. The zero-order valence-corrected chi connectivity index (χ0v) is 16.6. The molecule has 0 radical (unpaired) electrons. The number of nitrogens with one attached hydrogen (secondary N) is 1. The van der Waals surface area contributed by atoms with Gasteiger partial charge in [-0.1, -0.05) is 19.9 Å². The highest BCUT2D eigenvalue weighted by Gasteiger charge is 2.62. The molecule has 1 aromatic rings.